The van der Waals surface area contributed by atoms with Crippen molar-refractivity contribution >= 4 is 5.91 Å². The molecule has 0 bridgehead atoms. The minimum Gasteiger partial charge on any atom is -0.355 e. The van der Waals surface area contributed by atoms with E-state index >= 15 is 0 Å². The molecule has 1 aliphatic rings. The van der Waals surface area contributed by atoms with Gasteiger partial charge in [-0.25, -0.2) is 0 Å². The van der Waals surface area contributed by atoms with Gasteiger partial charge in [0.25, 0.3) is 0 Å². The first-order valence-electron chi connectivity index (χ1n) is 4.83. The van der Waals surface area contributed by atoms with Gasteiger partial charge in [0.1, 0.15) is 0 Å². The van der Waals surface area contributed by atoms with Crippen molar-refractivity contribution in [2.75, 3.05) is 19.6 Å². The molecule has 1 N–H and O–H groups in total. The lowest BCUT2D eigenvalue weighted by Gasteiger charge is -2.19. The number of carbonyl (C=O) groups is 1. The van der Waals surface area contributed by atoms with Crippen LogP contribution in [0.2, 0.25) is 0 Å². The first-order valence-corrected chi connectivity index (χ1v) is 4.83. The molecule has 0 unspecified atom stereocenters. The fourth-order valence-corrected chi connectivity index (χ4v) is 1.40. The Bertz CT molecular complexity index is 187. The first kappa shape index (κ1) is 10.3. The lowest BCUT2D eigenvalue weighted by Crippen LogP contribution is -2.35. The molecule has 74 valence electrons. The van der Waals surface area contributed by atoms with Gasteiger partial charge in [-0.3, -0.25) is 9.69 Å². The maximum Gasteiger partial charge on any atom is 0.216 e. The Hall–Kier alpha value is -0.830. The second-order valence-electron chi connectivity index (χ2n) is 3.50. The second-order valence-corrected chi connectivity index (χ2v) is 3.50. The van der Waals surface area contributed by atoms with Crippen LogP contribution in [0.4, 0.5) is 0 Å². The highest BCUT2D eigenvalue weighted by Gasteiger charge is 2.27. The monoisotopic (exact) mass is 182 g/mol. The van der Waals surface area contributed by atoms with Crippen LogP contribution in [0.3, 0.4) is 0 Å². The summed E-state index contributed by atoms with van der Waals surface area (Å²) < 4.78 is 0. The third-order valence-corrected chi connectivity index (χ3v) is 2.20. The normalized spacial score (nSPS) is 15.8. The maximum atomic E-state index is 10.6. The van der Waals surface area contributed by atoms with E-state index in [2.05, 4.69) is 16.8 Å². The molecule has 1 amide bonds. The minimum absolute atomic E-state index is 0.0503. The zero-order valence-electron chi connectivity index (χ0n) is 8.25. The molecule has 0 aromatic carbocycles. The molecule has 0 atom stereocenters. The van der Waals surface area contributed by atoms with Crippen molar-refractivity contribution in [3.8, 4) is 0 Å². The van der Waals surface area contributed by atoms with Crippen LogP contribution in [0.1, 0.15) is 19.8 Å². The van der Waals surface area contributed by atoms with Crippen LogP contribution in [0.25, 0.3) is 0 Å². The van der Waals surface area contributed by atoms with Crippen molar-refractivity contribution in [3.05, 3.63) is 12.7 Å². The van der Waals surface area contributed by atoms with Gasteiger partial charge in [-0.2, -0.15) is 0 Å². The van der Waals surface area contributed by atoms with Gasteiger partial charge in [0.2, 0.25) is 5.91 Å². The Morgan fingerprint density at radius 2 is 2.38 bits per heavy atom. The lowest BCUT2D eigenvalue weighted by atomic mass is 10.4. The zero-order valence-corrected chi connectivity index (χ0v) is 8.25. The first-order chi connectivity index (χ1) is 6.24. The van der Waals surface area contributed by atoms with E-state index in [9.17, 15) is 4.79 Å². The quantitative estimate of drug-likeness (QED) is 0.615. The topological polar surface area (TPSA) is 32.3 Å². The number of nitrogens with zero attached hydrogens (tertiary/aromatic N) is 1. The smallest absolute Gasteiger partial charge is 0.216 e. The number of hydrogen-bond donors (Lipinski definition) is 1. The second kappa shape index (κ2) is 5.02. The summed E-state index contributed by atoms with van der Waals surface area (Å²) in [5.74, 6) is 0.0503. The Morgan fingerprint density at radius 1 is 1.69 bits per heavy atom. The Morgan fingerprint density at radius 3 is 2.85 bits per heavy atom. The van der Waals surface area contributed by atoms with Gasteiger partial charge in [-0.1, -0.05) is 6.08 Å². The van der Waals surface area contributed by atoms with Gasteiger partial charge in [0.15, 0.2) is 0 Å². The molecular weight excluding hydrogens is 164 g/mol. The third kappa shape index (κ3) is 4.08. The predicted octanol–water partition coefficient (Wildman–Crippen LogP) is 0.773. The molecule has 1 rings (SSSR count). The van der Waals surface area contributed by atoms with Crippen LogP contribution < -0.4 is 5.32 Å². The summed E-state index contributed by atoms with van der Waals surface area (Å²) in [6, 6.07) is 0.742. The van der Waals surface area contributed by atoms with Gasteiger partial charge in [-0.05, 0) is 12.8 Å². The molecule has 0 radical (unpaired) electrons. The van der Waals surface area contributed by atoms with Crippen molar-refractivity contribution in [1.82, 2.24) is 10.2 Å². The van der Waals surface area contributed by atoms with Crippen molar-refractivity contribution in [1.29, 1.82) is 0 Å². The van der Waals surface area contributed by atoms with Crippen LogP contribution in [0.15, 0.2) is 12.7 Å². The van der Waals surface area contributed by atoms with Crippen molar-refractivity contribution in [2.24, 2.45) is 0 Å². The molecule has 0 spiro atoms. The predicted molar refractivity (Wildman–Crippen MR) is 53.5 cm³/mol. The van der Waals surface area contributed by atoms with E-state index in [0.717, 1.165) is 25.7 Å². The molecule has 3 nitrogen and oxygen atoms in total. The highest BCUT2D eigenvalue weighted by Crippen LogP contribution is 2.25. The molecular formula is C10H18N2O. The molecule has 0 saturated heterocycles. The number of nitrogens with one attached hydrogen (secondary N) is 1. The van der Waals surface area contributed by atoms with E-state index in [1.165, 1.54) is 12.8 Å². The van der Waals surface area contributed by atoms with Crippen molar-refractivity contribution < 1.29 is 4.79 Å². The van der Waals surface area contributed by atoms with E-state index in [1.807, 2.05) is 6.08 Å². The van der Waals surface area contributed by atoms with E-state index in [4.69, 9.17) is 0 Å². The number of rotatable bonds is 6. The van der Waals surface area contributed by atoms with Crippen LogP contribution >= 0.6 is 0 Å². The molecule has 13 heavy (non-hydrogen) atoms. The molecule has 1 saturated carbocycles. The molecule has 0 aromatic rings. The van der Waals surface area contributed by atoms with E-state index in [-0.39, 0.29) is 5.91 Å². The summed E-state index contributed by atoms with van der Waals surface area (Å²) >= 11 is 0. The maximum absolute atomic E-state index is 10.6. The van der Waals surface area contributed by atoms with Crippen LogP contribution in [0.5, 0.6) is 0 Å². The summed E-state index contributed by atoms with van der Waals surface area (Å²) in [5.41, 5.74) is 0. The average molecular weight is 182 g/mol. The fraction of sp³-hybridized carbons (Fsp3) is 0.700. The molecule has 0 aromatic heterocycles. The van der Waals surface area contributed by atoms with Crippen LogP contribution in [-0.2, 0) is 4.79 Å². The SMILES string of the molecule is C=CCN(CCNC(C)=O)C1CC1. The number of hydrogen-bond acceptors (Lipinski definition) is 2. The summed E-state index contributed by atoms with van der Waals surface area (Å²) in [7, 11) is 0. The molecule has 1 fully saturated rings. The number of amides is 1. The highest BCUT2D eigenvalue weighted by atomic mass is 16.1. The fourth-order valence-electron chi connectivity index (χ4n) is 1.40. The summed E-state index contributed by atoms with van der Waals surface area (Å²) in [4.78, 5) is 13.0. The van der Waals surface area contributed by atoms with Crippen LogP contribution in [0, 0.1) is 0 Å². The average Bonchev–Trinajstić information content (AvgIpc) is 2.84. The number of carbonyl (C=O) groups excluding carboxylic acids is 1. The largest absolute Gasteiger partial charge is 0.355 e. The van der Waals surface area contributed by atoms with Gasteiger partial charge in [-0.15, -0.1) is 6.58 Å². The summed E-state index contributed by atoms with van der Waals surface area (Å²) in [6.07, 6.45) is 4.52. The molecule has 1 aliphatic carbocycles. The zero-order chi connectivity index (χ0) is 9.68. The Labute approximate surface area is 79.8 Å². The molecule has 3 heteroatoms. The van der Waals surface area contributed by atoms with Crippen molar-refractivity contribution in [2.45, 2.75) is 25.8 Å². The van der Waals surface area contributed by atoms with Gasteiger partial charge in [0, 0.05) is 32.6 Å². The third-order valence-electron chi connectivity index (χ3n) is 2.20. The van der Waals surface area contributed by atoms with Gasteiger partial charge in [0.05, 0.1) is 0 Å². The standard InChI is InChI=1S/C10H18N2O/c1-3-7-12(10-4-5-10)8-6-11-9(2)13/h3,10H,1,4-8H2,2H3,(H,11,13). The Balaban J connectivity index is 2.14. The van der Waals surface area contributed by atoms with E-state index in [0.29, 0.717) is 0 Å². The van der Waals surface area contributed by atoms with Gasteiger partial charge < -0.3 is 5.32 Å². The van der Waals surface area contributed by atoms with Crippen LogP contribution in [-0.4, -0.2) is 36.5 Å². The summed E-state index contributed by atoms with van der Waals surface area (Å²) in [5, 5.41) is 2.80. The molecule has 0 aliphatic heterocycles. The van der Waals surface area contributed by atoms with E-state index in [1.54, 1.807) is 6.92 Å². The van der Waals surface area contributed by atoms with Crippen molar-refractivity contribution in [3.63, 3.8) is 0 Å². The molecule has 0 heterocycles. The highest BCUT2D eigenvalue weighted by molar-refractivity contribution is 5.72. The minimum atomic E-state index is 0.0503. The van der Waals surface area contributed by atoms with Gasteiger partial charge >= 0.3 is 0 Å². The summed E-state index contributed by atoms with van der Waals surface area (Å²) in [6.45, 7) is 7.90. The van der Waals surface area contributed by atoms with E-state index < -0.39 is 0 Å². The Kier molecular flexibility index (Phi) is 3.96. The lowest BCUT2D eigenvalue weighted by molar-refractivity contribution is -0.119.